The van der Waals surface area contributed by atoms with Crippen molar-refractivity contribution in [3.63, 3.8) is 0 Å². The lowest BCUT2D eigenvalue weighted by Gasteiger charge is -2.28. The smallest absolute Gasteiger partial charge is 0.246 e. The van der Waals surface area contributed by atoms with E-state index in [1.54, 1.807) is 6.08 Å². The Balaban J connectivity index is 1.96. The van der Waals surface area contributed by atoms with Crippen molar-refractivity contribution < 1.29 is 4.79 Å². The van der Waals surface area contributed by atoms with Crippen LogP contribution in [0.25, 0.3) is 0 Å². The summed E-state index contributed by atoms with van der Waals surface area (Å²) in [5.74, 6) is 0.166. The van der Waals surface area contributed by atoms with Gasteiger partial charge in [0.05, 0.1) is 0 Å². The van der Waals surface area contributed by atoms with Crippen molar-refractivity contribution in [3.05, 3.63) is 24.3 Å². The van der Waals surface area contributed by atoms with Gasteiger partial charge in [-0.15, -0.1) is 0 Å². The summed E-state index contributed by atoms with van der Waals surface area (Å²) in [5.41, 5.74) is 0. The fourth-order valence-electron chi connectivity index (χ4n) is 2.87. The molecule has 2 aliphatic rings. The molecular weight excluding hydrogens is 212 g/mol. The minimum absolute atomic E-state index is 0.166. The van der Waals surface area contributed by atoms with E-state index in [0.29, 0.717) is 12.1 Å². The molecule has 3 heteroatoms. The number of carbonyl (C=O) groups is 1. The van der Waals surface area contributed by atoms with E-state index in [9.17, 15) is 4.79 Å². The molecule has 2 saturated heterocycles. The molecule has 2 atom stereocenters. The third-order valence-corrected chi connectivity index (χ3v) is 3.69. The van der Waals surface area contributed by atoms with Gasteiger partial charge in [0.15, 0.2) is 0 Å². The Morgan fingerprint density at radius 2 is 2.18 bits per heavy atom. The largest absolute Gasteiger partial charge is 0.335 e. The van der Waals surface area contributed by atoms with Crippen LogP contribution in [-0.4, -0.2) is 36.0 Å². The molecule has 2 heterocycles. The Morgan fingerprint density at radius 1 is 1.29 bits per heavy atom. The Labute approximate surface area is 104 Å². The molecule has 0 radical (unpaired) electrons. The highest BCUT2D eigenvalue weighted by molar-refractivity contribution is 5.88. The highest BCUT2D eigenvalue weighted by Gasteiger charge is 2.34. The van der Waals surface area contributed by atoms with Crippen LogP contribution in [0.2, 0.25) is 0 Å². The number of hydrogen-bond donors (Lipinski definition) is 1. The van der Waals surface area contributed by atoms with Crippen molar-refractivity contribution in [1.82, 2.24) is 10.2 Å². The van der Waals surface area contributed by atoms with Gasteiger partial charge in [0.25, 0.3) is 0 Å². The number of hydrogen-bond acceptors (Lipinski definition) is 2. The maximum Gasteiger partial charge on any atom is 0.246 e. The SMILES string of the molecule is CC=CC=CC(=O)N1CCCC1C1CCCN1. The molecule has 94 valence electrons. The lowest BCUT2D eigenvalue weighted by atomic mass is 10.0. The molecule has 0 aromatic rings. The second-order valence-corrected chi connectivity index (χ2v) is 4.83. The maximum atomic E-state index is 12.1. The van der Waals surface area contributed by atoms with Gasteiger partial charge in [0, 0.05) is 24.7 Å². The van der Waals surface area contributed by atoms with E-state index in [2.05, 4.69) is 5.32 Å². The first-order chi connectivity index (χ1) is 8.33. The quantitative estimate of drug-likeness (QED) is 0.597. The molecule has 0 aromatic heterocycles. The number of rotatable bonds is 3. The Morgan fingerprint density at radius 3 is 2.88 bits per heavy atom. The number of amides is 1. The molecular formula is C14H22N2O. The number of nitrogens with zero attached hydrogens (tertiary/aromatic N) is 1. The predicted molar refractivity (Wildman–Crippen MR) is 69.7 cm³/mol. The molecule has 0 saturated carbocycles. The monoisotopic (exact) mass is 234 g/mol. The number of likely N-dealkylation sites (tertiary alicyclic amines) is 1. The first-order valence-corrected chi connectivity index (χ1v) is 6.66. The minimum Gasteiger partial charge on any atom is -0.335 e. The zero-order valence-corrected chi connectivity index (χ0v) is 10.6. The summed E-state index contributed by atoms with van der Waals surface area (Å²) in [4.78, 5) is 14.1. The summed E-state index contributed by atoms with van der Waals surface area (Å²) in [6.07, 6.45) is 12.1. The van der Waals surface area contributed by atoms with Crippen molar-refractivity contribution in [3.8, 4) is 0 Å². The summed E-state index contributed by atoms with van der Waals surface area (Å²) in [7, 11) is 0. The van der Waals surface area contributed by atoms with E-state index < -0.39 is 0 Å². The van der Waals surface area contributed by atoms with Crippen molar-refractivity contribution in [2.24, 2.45) is 0 Å². The Bertz CT molecular complexity index is 316. The van der Waals surface area contributed by atoms with Gasteiger partial charge in [0.2, 0.25) is 5.91 Å². The fourth-order valence-corrected chi connectivity index (χ4v) is 2.87. The lowest BCUT2D eigenvalue weighted by molar-refractivity contribution is -0.127. The molecule has 0 spiro atoms. The molecule has 0 aromatic carbocycles. The molecule has 0 bridgehead atoms. The summed E-state index contributed by atoms with van der Waals surface area (Å²) >= 11 is 0. The van der Waals surface area contributed by atoms with E-state index in [-0.39, 0.29) is 5.91 Å². The van der Waals surface area contributed by atoms with Crippen LogP contribution in [-0.2, 0) is 4.79 Å². The van der Waals surface area contributed by atoms with Gasteiger partial charge in [0.1, 0.15) is 0 Å². The van der Waals surface area contributed by atoms with Crippen molar-refractivity contribution >= 4 is 5.91 Å². The predicted octanol–water partition coefficient (Wildman–Crippen LogP) is 1.86. The van der Waals surface area contributed by atoms with E-state index in [1.807, 2.05) is 30.1 Å². The van der Waals surface area contributed by atoms with E-state index >= 15 is 0 Å². The molecule has 2 fully saturated rings. The van der Waals surface area contributed by atoms with Crippen molar-refractivity contribution in [2.45, 2.75) is 44.7 Å². The van der Waals surface area contributed by atoms with Gasteiger partial charge in [-0.2, -0.15) is 0 Å². The van der Waals surface area contributed by atoms with Crippen molar-refractivity contribution in [1.29, 1.82) is 0 Å². The van der Waals surface area contributed by atoms with Gasteiger partial charge in [-0.25, -0.2) is 0 Å². The zero-order valence-electron chi connectivity index (χ0n) is 10.6. The number of nitrogens with one attached hydrogen (secondary N) is 1. The van der Waals surface area contributed by atoms with E-state index in [0.717, 1.165) is 25.9 Å². The standard InChI is InChI=1S/C14H22N2O/c1-2-3-4-9-14(17)16-11-6-8-13(16)12-7-5-10-15-12/h2-4,9,12-13,15H,5-8,10-11H2,1H3. The average Bonchev–Trinajstić information content (AvgIpc) is 2.99. The molecule has 2 aliphatic heterocycles. The lowest BCUT2D eigenvalue weighted by Crippen LogP contribution is -2.46. The Kier molecular flexibility index (Phi) is 4.37. The van der Waals surface area contributed by atoms with Crippen LogP contribution < -0.4 is 5.32 Å². The summed E-state index contributed by atoms with van der Waals surface area (Å²) in [6.45, 7) is 3.98. The highest BCUT2D eigenvalue weighted by Crippen LogP contribution is 2.24. The Hall–Kier alpha value is -1.09. The molecule has 0 aliphatic carbocycles. The summed E-state index contributed by atoms with van der Waals surface area (Å²) in [6, 6.07) is 0.942. The number of carbonyl (C=O) groups excluding carboxylic acids is 1. The number of allylic oxidation sites excluding steroid dienone is 3. The topological polar surface area (TPSA) is 32.3 Å². The van der Waals surface area contributed by atoms with Crippen LogP contribution >= 0.6 is 0 Å². The van der Waals surface area contributed by atoms with Crippen LogP contribution in [0.1, 0.15) is 32.6 Å². The van der Waals surface area contributed by atoms with Crippen LogP contribution in [0.5, 0.6) is 0 Å². The normalized spacial score (nSPS) is 29.8. The molecule has 1 amide bonds. The van der Waals surface area contributed by atoms with Gasteiger partial charge in [-0.05, 0) is 39.2 Å². The molecule has 3 nitrogen and oxygen atoms in total. The van der Waals surface area contributed by atoms with Crippen LogP contribution in [0, 0.1) is 0 Å². The minimum atomic E-state index is 0.166. The third kappa shape index (κ3) is 2.97. The van der Waals surface area contributed by atoms with Crippen LogP contribution in [0.4, 0.5) is 0 Å². The third-order valence-electron chi connectivity index (χ3n) is 3.69. The molecule has 17 heavy (non-hydrogen) atoms. The van der Waals surface area contributed by atoms with Gasteiger partial charge < -0.3 is 10.2 Å². The van der Waals surface area contributed by atoms with Gasteiger partial charge >= 0.3 is 0 Å². The highest BCUT2D eigenvalue weighted by atomic mass is 16.2. The molecule has 1 N–H and O–H groups in total. The average molecular weight is 234 g/mol. The van der Waals surface area contributed by atoms with E-state index in [4.69, 9.17) is 0 Å². The van der Waals surface area contributed by atoms with E-state index in [1.165, 1.54) is 12.8 Å². The summed E-state index contributed by atoms with van der Waals surface area (Å²) < 4.78 is 0. The van der Waals surface area contributed by atoms with Crippen LogP contribution in [0.3, 0.4) is 0 Å². The second-order valence-electron chi connectivity index (χ2n) is 4.83. The first-order valence-electron chi connectivity index (χ1n) is 6.66. The van der Waals surface area contributed by atoms with Gasteiger partial charge in [-0.1, -0.05) is 18.2 Å². The zero-order chi connectivity index (χ0) is 12.1. The van der Waals surface area contributed by atoms with Gasteiger partial charge in [-0.3, -0.25) is 4.79 Å². The molecule has 2 unspecified atom stereocenters. The first kappa shape index (κ1) is 12.4. The maximum absolute atomic E-state index is 12.1. The second kappa shape index (κ2) is 6.01. The summed E-state index contributed by atoms with van der Waals surface area (Å²) in [5, 5.41) is 3.52. The fraction of sp³-hybridized carbons (Fsp3) is 0.643. The molecule has 2 rings (SSSR count). The van der Waals surface area contributed by atoms with Crippen molar-refractivity contribution in [2.75, 3.05) is 13.1 Å². The van der Waals surface area contributed by atoms with Crippen LogP contribution in [0.15, 0.2) is 24.3 Å².